The van der Waals surface area contributed by atoms with Crippen LogP contribution in [-0.4, -0.2) is 0 Å². The van der Waals surface area contributed by atoms with Gasteiger partial charge in [0.25, 0.3) is 6.43 Å². The van der Waals surface area contributed by atoms with Crippen LogP contribution < -0.4 is 0 Å². The molecule has 0 aliphatic heterocycles. The van der Waals surface area contributed by atoms with Gasteiger partial charge in [0.2, 0.25) is 0 Å². The highest BCUT2D eigenvalue weighted by Crippen LogP contribution is 2.32. The van der Waals surface area contributed by atoms with Crippen LogP contribution in [0.1, 0.15) is 50.8 Å². The lowest BCUT2D eigenvalue weighted by atomic mass is 9.81. The SMILES string of the molecule is CCc1c(C(F)F)cccc1C(C)(C)C. The minimum Gasteiger partial charge on any atom is -0.205 e. The fourth-order valence-electron chi connectivity index (χ4n) is 1.91. The van der Waals surface area contributed by atoms with E-state index in [2.05, 4.69) is 20.8 Å². The molecule has 1 aromatic carbocycles. The zero-order valence-corrected chi connectivity index (χ0v) is 9.77. The maximum absolute atomic E-state index is 12.8. The van der Waals surface area contributed by atoms with Crippen molar-refractivity contribution in [3.8, 4) is 0 Å². The van der Waals surface area contributed by atoms with E-state index in [1.807, 2.05) is 13.0 Å². The minimum absolute atomic E-state index is 0.0732. The zero-order valence-electron chi connectivity index (χ0n) is 9.77. The van der Waals surface area contributed by atoms with Crippen LogP contribution in [0.4, 0.5) is 8.78 Å². The van der Waals surface area contributed by atoms with Crippen molar-refractivity contribution in [3.05, 3.63) is 34.9 Å². The van der Waals surface area contributed by atoms with E-state index in [-0.39, 0.29) is 11.0 Å². The van der Waals surface area contributed by atoms with E-state index >= 15 is 0 Å². The molecule has 0 amide bonds. The van der Waals surface area contributed by atoms with E-state index in [1.165, 1.54) is 6.07 Å². The fourth-order valence-corrected chi connectivity index (χ4v) is 1.91. The van der Waals surface area contributed by atoms with Crippen molar-refractivity contribution in [2.75, 3.05) is 0 Å². The van der Waals surface area contributed by atoms with Gasteiger partial charge in [-0.05, 0) is 23.0 Å². The van der Waals surface area contributed by atoms with E-state index in [0.717, 1.165) is 11.1 Å². The lowest BCUT2D eigenvalue weighted by Gasteiger charge is -2.24. The Hall–Kier alpha value is -0.920. The van der Waals surface area contributed by atoms with Gasteiger partial charge in [0.1, 0.15) is 0 Å². The van der Waals surface area contributed by atoms with Gasteiger partial charge in [-0.3, -0.25) is 0 Å². The summed E-state index contributed by atoms with van der Waals surface area (Å²) in [6.45, 7) is 8.08. The normalized spacial score (nSPS) is 12.2. The second kappa shape index (κ2) is 4.30. The number of halogens is 2. The highest BCUT2D eigenvalue weighted by Gasteiger charge is 2.21. The van der Waals surface area contributed by atoms with Crippen molar-refractivity contribution in [3.63, 3.8) is 0 Å². The molecule has 0 heterocycles. The minimum atomic E-state index is -2.37. The highest BCUT2D eigenvalue weighted by molar-refractivity contribution is 5.39. The molecule has 15 heavy (non-hydrogen) atoms. The summed E-state index contributed by atoms with van der Waals surface area (Å²) in [5.41, 5.74) is 1.95. The van der Waals surface area contributed by atoms with Gasteiger partial charge >= 0.3 is 0 Å². The largest absolute Gasteiger partial charge is 0.264 e. The summed E-state index contributed by atoms with van der Waals surface area (Å²) in [5.74, 6) is 0. The maximum atomic E-state index is 12.8. The van der Waals surface area contributed by atoms with Gasteiger partial charge in [-0.25, -0.2) is 8.78 Å². The molecule has 0 spiro atoms. The maximum Gasteiger partial charge on any atom is 0.264 e. The molecule has 0 radical (unpaired) electrons. The molecule has 84 valence electrons. The molecule has 0 atom stereocenters. The van der Waals surface area contributed by atoms with E-state index in [9.17, 15) is 8.78 Å². The van der Waals surface area contributed by atoms with E-state index in [4.69, 9.17) is 0 Å². The standard InChI is InChI=1S/C13H18F2/c1-5-9-10(12(14)15)7-6-8-11(9)13(2,3)4/h6-8,12H,5H2,1-4H3. The second-order valence-electron chi connectivity index (χ2n) is 4.78. The average molecular weight is 212 g/mol. The third-order valence-corrected chi connectivity index (χ3v) is 2.61. The fraction of sp³-hybridized carbons (Fsp3) is 0.538. The number of hydrogen-bond acceptors (Lipinski definition) is 0. The molecule has 0 bridgehead atoms. The molecule has 0 aromatic heterocycles. The molecule has 0 aliphatic carbocycles. The summed E-state index contributed by atoms with van der Waals surface area (Å²) in [7, 11) is 0. The Bertz CT molecular complexity index is 335. The van der Waals surface area contributed by atoms with Gasteiger partial charge in [-0.2, -0.15) is 0 Å². The van der Waals surface area contributed by atoms with Gasteiger partial charge in [-0.1, -0.05) is 45.9 Å². The van der Waals surface area contributed by atoms with Crippen LogP contribution in [0.5, 0.6) is 0 Å². The van der Waals surface area contributed by atoms with Crippen molar-refractivity contribution in [1.29, 1.82) is 0 Å². The first-order valence-electron chi connectivity index (χ1n) is 5.28. The van der Waals surface area contributed by atoms with Crippen LogP contribution in [0.25, 0.3) is 0 Å². The Balaban J connectivity index is 3.35. The van der Waals surface area contributed by atoms with E-state index < -0.39 is 6.43 Å². The van der Waals surface area contributed by atoms with Crippen LogP contribution in [0, 0.1) is 0 Å². The van der Waals surface area contributed by atoms with Crippen LogP contribution in [0.2, 0.25) is 0 Å². The molecule has 0 saturated carbocycles. The molecule has 2 heteroatoms. The summed E-state index contributed by atoms with van der Waals surface area (Å²) in [6.07, 6.45) is -1.71. The van der Waals surface area contributed by atoms with Crippen molar-refractivity contribution in [2.45, 2.75) is 46.0 Å². The third kappa shape index (κ3) is 2.55. The summed E-state index contributed by atoms with van der Waals surface area (Å²) in [6, 6.07) is 5.20. The van der Waals surface area contributed by atoms with E-state index in [0.29, 0.717) is 6.42 Å². The van der Waals surface area contributed by atoms with Crippen molar-refractivity contribution < 1.29 is 8.78 Å². The highest BCUT2D eigenvalue weighted by atomic mass is 19.3. The first kappa shape index (κ1) is 12.2. The molecule has 0 nitrogen and oxygen atoms in total. The monoisotopic (exact) mass is 212 g/mol. The molecule has 1 aromatic rings. The molecule has 0 saturated heterocycles. The lowest BCUT2D eigenvalue weighted by Crippen LogP contribution is -2.15. The van der Waals surface area contributed by atoms with Crippen molar-refractivity contribution in [1.82, 2.24) is 0 Å². The first-order valence-corrected chi connectivity index (χ1v) is 5.28. The number of rotatable bonds is 2. The Morgan fingerprint density at radius 2 is 1.80 bits per heavy atom. The first-order chi connectivity index (χ1) is 6.88. The smallest absolute Gasteiger partial charge is 0.205 e. The van der Waals surface area contributed by atoms with Crippen LogP contribution in [0.15, 0.2) is 18.2 Å². The summed E-state index contributed by atoms with van der Waals surface area (Å²) < 4.78 is 25.6. The summed E-state index contributed by atoms with van der Waals surface area (Å²) >= 11 is 0. The van der Waals surface area contributed by atoms with Crippen LogP contribution in [-0.2, 0) is 11.8 Å². The third-order valence-electron chi connectivity index (χ3n) is 2.61. The Morgan fingerprint density at radius 1 is 1.20 bits per heavy atom. The van der Waals surface area contributed by atoms with Gasteiger partial charge in [0.05, 0.1) is 0 Å². The van der Waals surface area contributed by atoms with Gasteiger partial charge in [0.15, 0.2) is 0 Å². The van der Waals surface area contributed by atoms with E-state index in [1.54, 1.807) is 6.07 Å². The van der Waals surface area contributed by atoms with Gasteiger partial charge in [-0.15, -0.1) is 0 Å². The molecular formula is C13H18F2. The zero-order chi connectivity index (χ0) is 11.6. The van der Waals surface area contributed by atoms with Crippen LogP contribution in [0.3, 0.4) is 0 Å². The Morgan fingerprint density at radius 3 is 2.20 bits per heavy atom. The summed E-state index contributed by atoms with van der Waals surface area (Å²) in [4.78, 5) is 0. The molecule has 0 N–H and O–H groups in total. The molecule has 0 fully saturated rings. The molecule has 0 aliphatic rings. The predicted molar refractivity (Wildman–Crippen MR) is 59.5 cm³/mol. The Kier molecular flexibility index (Phi) is 3.48. The number of alkyl halides is 2. The topological polar surface area (TPSA) is 0 Å². The Labute approximate surface area is 90.3 Å². The van der Waals surface area contributed by atoms with Crippen molar-refractivity contribution in [2.24, 2.45) is 0 Å². The lowest BCUT2D eigenvalue weighted by molar-refractivity contribution is 0.150. The van der Waals surface area contributed by atoms with Crippen molar-refractivity contribution >= 4 is 0 Å². The second-order valence-corrected chi connectivity index (χ2v) is 4.78. The summed E-state index contributed by atoms with van der Waals surface area (Å²) in [5, 5.41) is 0. The quantitative estimate of drug-likeness (QED) is 0.677. The van der Waals surface area contributed by atoms with Crippen LogP contribution >= 0.6 is 0 Å². The molecule has 0 unspecified atom stereocenters. The predicted octanol–water partition coefficient (Wildman–Crippen LogP) is 4.48. The average Bonchev–Trinajstić information content (AvgIpc) is 2.15. The number of hydrogen-bond donors (Lipinski definition) is 0. The van der Waals surface area contributed by atoms with Gasteiger partial charge in [0, 0.05) is 5.56 Å². The molecular weight excluding hydrogens is 194 g/mol. The molecule has 1 rings (SSSR count). The number of benzene rings is 1. The van der Waals surface area contributed by atoms with Gasteiger partial charge < -0.3 is 0 Å².